The van der Waals surface area contributed by atoms with E-state index >= 15 is 0 Å². The van der Waals surface area contributed by atoms with E-state index in [1.165, 1.54) is 6.33 Å². The third-order valence-corrected chi connectivity index (χ3v) is 6.94. The van der Waals surface area contributed by atoms with Crippen molar-refractivity contribution in [2.24, 2.45) is 0 Å². The smallest absolute Gasteiger partial charge is 0.255 e. The monoisotopic (exact) mass is 509 g/mol. The van der Waals surface area contributed by atoms with Crippen LogP contribution in [0, 0.1) is 0 Å². The third kappa shape index (κ3) is 5.09. The Morgan fingerprint density at radius 1 is 1.19 bits per heavy atom. The van der Waals surface area contributed by atoms with E-state index in [4.69, 9.17) is 14.2 Å². The Balaban J connectivity index is 1.33. The van der Waals surface area contributed by atoms with Crippen LogP contribution in [0.1, 0.15) is 36.0 Å². The van der Waals surface area contributed by atoms with Crippen molar-refractivity contribution in [2.75, 3.05) is 40.5 Å². The number of benzene rings is 1. The van der Waals surface area contributed by atoms with E-state index in [9.17, 15) is 14.7 Å². The molecule has 37 heavy (non-hydrogen) atoms. The van der Waals surface area contributed by atoms with Crippen LogP contribution in [0.15, 0.2) is 30.7 Å². The van der Waals surface area contributed by atoms with Crippen LogP contribution in [-0.4, -0.2) is 88.9 Å². The standard InChI is InChI=1S/C26H31N5O6/c1-35-11-12-37-20-13-17(36-2)3-4-18(20)21-23-22(29-15-28-21)19(14-27-23)24(32)30-16-5-9-31(10-6-16)25(33)26(34)7-8-26/h3-4,13-16,27,34H,5-12H2,1-2H3,(H,30,32). The van der Waals surface area contributed by atoms with Crippen molar-refractivity contribution in [1.82, 2.24) is 25.2 Å². The Kier molecular flexibility index (Phi) is 6.98. The van der Waals surface area contributed by atoms with Gasteiger partial charge in [-0.05, 0) is 37.8 Å². The molecule has 0 bridgehead atoms. The molecule has 2 aliphatic rings. The number of nitrogens with zero attached hydrogens (tertiary/aromatic N) is 3. The number of fused-ring (bicyclic) bond motifs is 1. The molecule has 5 rings (SSSR count). The summed E-state index contributed by atoms with van der Waals surface area (Å²) in [5.74, 6) is 0.788. The number of aliphatic hydroxyl groups is 1. The first-order valence-electron chi connectivity index (χ1n) is 12.4. The zero-order valence-electron chi connectivity index (χ0n) is 21.0. The van der Waals surface area contributed by atoms with E-state index in [2.05, 4.69) is 20.3 Å². The lowest BCUT2D eigenvalue weighted by atomic mass is 10.0. The Labute approximate surface area is 214 Å². The third-order valence-electron chi connectivity index (χ3n) is 6.94. The minimum atomic E-state index is -1.16. The SMILES string of the molecule is COCCOc1cc(OC)ccc1-c1ncnc2c(C(=O)NC3CCN(C(=O)C4(O)CC4)CC3)c[nH]c12. The normalized spacial score (nSPS) is 17.0. The molecule has 3 aromatic rings. The van der Waals surface area contributed by atoms with Crippen LogP contribution < -0.4 is 14.8 Å². The number of hydrogen-bond acceptors (Lipinski definition) is 8. The summed E-state index contributed by atoms with van der Waals surface area (Å²) in [6.45, 7) is 1.80. The average molecular weight is 510 g/mol. The maximum Gasteiger partial charge on any atom is 0.255 e. The number of hydrogen-bond donors (Lipinski definition) is 3. The lowest BCUT2D eigenvalue weighted by Gasteiger charge is -2.33. The van der Waals surface area contributed by atoms with E-state index < -0.39 is 5.60 Å². The molecule has 196 valence electrons. The van der Waals surface area contributed by atoms with Gasteiger partial charge in [-0.1, -0.05) is 0 Å². The van der Waals surface area contributed by atoms with Crippen LogP contribution in [0.25, 0.3) is 22.3 Å². The number of likely N-dealkylation sites (tertiary alicyclic amines) is 1. The molecule has 0 atom stereocenters. The summed E-state index contributed by atoms with van der Waals surface area (Å²) in [5.41, 5.74) is 1.71. The fourth-order valence-electron chi connectivity index (χ4n) is 4.61. The summed E-state index contributed by atoms with van der Waals surface area (Å²) >= 11 is 0. The molecule has 2 fully saturated rings. The molecule has 1 saturated heterocycles. The first kappa shape index (κ1) is 25.0. The Hall–Kier alpha value is -3.70. The summed E-state index contributed by atoms with van der Waals surface area (Å²) in [7, 11) is 3.20. The summed E-state index contributed by atoms with van der Waals surface area (Å²) in [4.78, 5) is 39.3. The minimum Gasteiger partial charge on any atom is -0.497 e. The molecular formula is C26H31N5O6. The molecule has 1 aliphatic heterocycles. The molecule has 3 N–H and O–H groups in total. The van der Waals surface area contributed by atoms with E-state index in [1.807, 2.05) is 12.1 Å². The second-order valence-electron chi connectivity index (χ2n) is 9.42. The van der Waals surface area contributed by atoms with Crippen LogP contribution >= 0.6 is 0 Å². The van der Waals surface area contributed by atoms with Gasteiger partial charge in [-0.2, -0.15) is 0 Å². The van der Waals surface area contributed by atoms with Crippen LogP contribution in [0.5, 0.6) is 11.5 Å². The van der Waals surface area contributed by atoms with Gasteiger partial charge in [0.05, 0.1) is 24.8 Å². The number of carbonyl (C=O) groups excluding carboxylic acids is 2. The highest BCUT2D eigenvalue weighted by atomic mass is 16.5. The number of carbonyl (C=O) groups is 2. The predicted molar refractivity (Wildman–Crippen MR) is 134 cm³/mol. The maximum absolute atomic E-state index is 13.2. The minimum absolute atomic E-state index is 0.0703. The zero-order valence-corrected chi connectivity index (χ0v) is 21.0. The van der Waals surface area contributed by atoms with E-state index in [0.29, 0.717) is 85.8 Å². The van der Waals surface area contributed by atoms with Gasteiger partial charge >= 0.3 is 0 Å². The number of aromatic nitrogens is 3. The van der Waals surface area contributed by atoms with Gasteiger partial charge in [-0.15, -0.1) is 0 Å². The van der Waals surface area contributed by atoms with Gasteiger partial charge in [0.2, 0.25) is 0 Å². The van der Waals surface area contributed by atoms with Gasteiger partial charge in [0.25, 0.3) is 11.8 Å². The number of nitrogens with one attached hydrogen (secondary N) is 2. The fourth-order valence-corrected chi connectivity index (χ4v) is 4.61. The molecule has 0 unspecified atom stereocenters. The Morgan fingerprint density at radius 2 is 1.97 bits per heavy atom. The van der Waals surface area contributed by atoms with Crippen molar-refractivity contribution in [2.45, 2.75) is 37.3 Å². The quantitative estimate of drug-likeness (QED) is 0.372. The van der Waals surface area contributed by atoms with Gasteiger partial charge in [0.15, 0.2) is 0 Å². The lowest BCUT2D eigenvalue weighted by Crippen LogP contribution is -2.49. The van der Waals surface area contributed by atoms with Gasteiger partial charge in [-0.3, -0.25) is 9.59 Å². The van der Waals surface area contributed by atoms with Crippen molar-refractivity contribution in [1.29, 1.82) is 0 Å². The number of aromatic amines is 1. The van der Waals surface area contributed by atoms with Crippen LogP contribution in [0.4, 0.5) is 0 Å². The van der Waals surface area contributed by atoms with E-state index in [0.717, 1.165) is 5.56 Å². The van der Waals surface area contributed by atoms with Gasteiger partial charge in [0.1, 0.15) is 41.2 Å². The van der Waals surface area contributed by atoms with E-state index in [-0.39, 0.29) is 17.9 Å². The number of ether oxygens (including phenoxy) is 3. The fraction of sp³-hybridized carbons (Fsp3) is 0.462. The van der Waals surface area contributed by atoms with Crippen molar-refractivity contribution >= 4 is 22.8 Å². The zero-order chi connectivity index (χ0) is 26.0. The summed E-state index contributed by atoms with van der Waals surface area (Å²) in [5, 5.41) is 13.2. The molecule has 0 spiro atoms. The number of methoxy groups -OCH3 is 2. The molecule has 1 saturated carbocycles. The first-order chi connectivity index (χ1) is 17.9. The molecule has 2 aromatic heterocycles. The van der Waals surface area contributed by atoms with Gasteiger partial charge in [-0.25, -0.2) is 9.97 Å². The summed E-state index contributed by atoms with van der Waals surface area (Å²) < 4.78 is 16.4. The van der Waals surface area contributed by atoms with Crippen molar-refractivity contribution in [3.05, 3.63) is 36.3 Å². The molecule has 0 radical (unpaired) electrons. The first-order valence-corrected chi connectivity index (χ1v) is 12.4. The van der Waals surface area contributed by atoms with Crippen molar-refractivity contribution < 1.29 is 28.9 Å². The van der Waals surface area contributed by atoms with Crippen molar-refractivity contribution in [3.8, 4) is 22.8 Å². The largest absolute Gasteiger partial charge is 0.497 e. The van der Waals surface area contributed by atoms with Crippen LogP contribution in [0.3, 0.4) is 0 Å². The average Bonchev–Trinajstić information content (AvgIpc) is 3.52. The van der Waals surface area contributed by atoms with Gasteiger partial charge in [0, 0.05) is 44.1 Å². The number of piperidine rings is 1. The highest BCUT2D eigenvalue weighted by Crippen LogP contribution is 2.38. The molecular weight excluding hydrogens is 478 g/mol. The lowest BCUT2D eigenvalue weighted by molar-refractivity contribution is -0.143. The molecule has 1 aliphatic carbocycles. The topological polar surface area (TPSA) is 139 Å². The Bertz CT molecular complexity index is 1300. The summed E-state index contributed by atoms with van der Waals surface area (Å²) in [6.07, 6.45) is 5.38. The predicted octanol–water partition coefficient (Wildman–Crippen LogP) is 1.90. The molecule has 11 heteroatoms. The second kappa shape index (κ2) is 10.3. The maximum atomic E-state index is 13.2. The van der Waals surface area contributed by atoms with E-state index in [1.54, 1.807) is 31.4 Å². The number of H-pyrrole nitrogens is 1. The highest BCUT2D eigenvalue weighted by Gasteiger charge is 2.50. The van der Waals surface area contributed by atoms with Crippen LogP contribution in [0.2, 0.25) is 0 Å². The van der Waals surface area contributed by atoms with Crippen molar-refractivity contribution in [3.63, 3.8) is 0 Å². The van der Waals surface area contributed by atoms with Crippen LogP contribution in [-0.2, 0) is 9.53 Å². The second-order valence-corrected chi connectivity index (χ2v) is 9.42. The molecule has 11 nitrogen and oxygen atoms in total. The number of amides is 2. The highest BCUT2D eigenvalue weighted by molar-refractivity contribution is 6.08. The summed E-state index contributed by atoms with van der Waals surface area (Å²) in [6, 6.07) is 5.39. The Morgan fingerprint density at radius 3 is 2.68 bits per heavy atom. The molecule has 2 amide bonds. The molecule has 3 heterocycles. The van der Waals surface area contributed by atoms with Gasteiger partial charge < -0.3 is 34.5 Å². The number of rotatable bonds is 9. The molecule has 1 aromatic carbocycles.